The van der Waals surface area contributed by atoms with Crippen LogP contribution in [0, 0.1) is 12.8 Å². The standard InChI is InChI=1S/C24H28N2O7/c1-5-15-12(2)19(26-24(15)33)10-18-13(3)16(6-8-22(29)30)20(25-18)11-21(28)17(14(4)27)7-9-23(31)32/h5,10,17,25H,1,6-9,11H2,2-4H3,(H,26,33)(H,29,30)(H,31,32)/b19-10+. The maximum Gasteiger partial charge on any atom is 0.303 e. The lowest BCUT2D eigenvalue weighted by atomic mass is 9.90. The highest BCUT2D eigenvalue weighted by Crippen LogP contribution is 2.28. The van der Waals surface area contributed by atoms with Gasteiger partial charge < -0.3 is 20.5 Å². The summed E-state index contributed by atoms with van der Waals surface area (Å²) in [4.78, 5) is 62.1. The van der Waals surface area contributed by atoms with Crippen LogP contribution in [0.25, 0.3) is 6.08 Å². The number of carboxylic acid groups (broad SMARTS) is 2. The van der Waals surface area contributed by atoms with Gasteiger partial charge in [-0.3, -0.25) is 24.0 Å². The van der Waals surface area contributed by atoms with Crippen molar-refractivity contribution in [1.82, 2.24) is 10.3 Å². The van der Waals surface area contributed by atoms with Crippen LogP contribution in [0.5, 0.6) is 0 Å². The summed E-state index contributed by atoms with van der Waals surface area (Å²) in [6.45, 7) is 8.45. The summed E-state index contributed by atoms with van der Waals surface area (Å²) < 4.78 is 0. The number of carboxylic acids is 2. The molecule has 2 heterocycles. The average Bonchev–Trinajstić information content (AvgIpc) is 3.14. The van der Waals surface area contributed by atoms with Gasteiger partial charge in [-0.05, 0) is 56.4 Å². The highest BCUT2D eigenvalue weighted by atomic mass is 16.4. The van der Waals surface area contributed by atoms with Crippen molar-refractivity contribution >= 4 is 35.5 Å². The van der Waals surface area contributed by atoms with Crippen molar-refractivity contribution in [3.8, 4) is 0 Å². The molecule has 0 fully saturated rings. The minimum atomic E-state index is -1.10. The Kier molecular flexibility index (Phi) is 8.28. The zero-order valence-electron chi connectivity index (χ0n) is 18.9. The number of ketones is 2. The Morgan fingerprint density at radius 1 is 1.09 bits per heavy atom. The molecule has 2 rings (SSSR count). The van der Waals surface area contributed by atoms with Gasteiger partial charge in [0, 0.05) is 41.9 Å². The Morgan fingerprint density at radius 3 is 2.24 bits per heavy atom. The van der Waals surface area contributed by atoms with Crippen molar-refractivity contribution in [2.24, 2.45) is 5.92 Å². The predicted octanol–water partition coefficient (Wildman–Crippen LogP) is 2.50. The molecule has 0 bridgehead atoms. The Bertz CT molecular complexity index is 1090. The minimum Gasteiger partial charge on any atom is -0.481 e. The molecule has 0 saturated carbocycles. The van der Waals surface area contributed by atoms with E-state index in [0.717, 1.165) is 5.56 Å². The molecule has 176 valence electrons. The van der Waals surface area contributed by atoms with E-state index in [9.17, 15) is 24.0 Å². The molecule has 33 heavy (non-hydrogen) atoms. The van der Waals surface area contributed by atoms with E-state index in [1.807, 2.05) is 0 Å². The number of aromatic nitrogens is 1. The van der Waals surface area contributed by atoms with Crippen LogP contribution in [0.3, 0.4) is 0 Å². The third-order valence-corrected chi connectivity index (χ3v) is 5.77. The van der Waals surface area contributed by atoms with E-state index < -0.39 is 29.4 Å². The second-order valence-electron chi connectivity index (χ2n) is 8.01. The van der Waals surface area contributed by atoms with Crippen molar-refractivity contribution < 1.29 is 34.2 Å². The van der Waals surface area contributed by atoms with Crippen LogP contribution in [0.15, 0.2) is 29.5 Å². The molecular formula is C24H28N2O7. The Morgan fingerprint density at radius 2 is 1.73 bits per heavy atom. The number of hydrogen-bond acceptors (Lipinski definition) is 5. The van der Waals surface area contributed by atoms with E-state index in [1.165, 1.54) is 13.0 Å². The summed E-state index contributed by atoms with van der Waals surface area (Å²) in [5.41, 5.74) is 4.17. The third kappa shape index (κ3) is 6.15. The molecule has 1 aromatic rings. The number of carbonyl (C=O) groups is 5. The number of H-pyrrole nitrogens is 1. The Balaban J connectivity index is 2.43. The number of aliphatic carboxylic acids is 2. The molecule has 0 spiro atoms. The summed E-state index contributed by atoms with van der Waals surface area (Å²) in [6, 6.07) is 0. The molecule has 0 saturated heterocycles. The van der Waals surface area contributed by atoms with Crippen molar-refractivity contribution in [2.75, 3.05) is 0 Å². The fraction of sp³-hybridized carbons (Fsp3) is 0.375. The quantitative estimate of drug-likeness (QED) is 0.352. The monoisotopic (exact) mass is 456 g/mol. The second-order valence-corrected chi connectivity index (χ2v) is 8.01. The summed E-state index contributed by atoms with van der Waals surface area (Å²) in [5.74, 6) is -4.25. The van der Waals surface area contributed by atoms with Crippen LogP contribution in [0.4, 0.5) is 0 Å². The smallest absolute Gasteiger partial charge is 0.303 e. The number of carbonyl (C=O) groups excluding carboxylic acids is 3. The third-order valence-electron chi connectivity index (χ3n) is 5.77. The molecular weight excluding hydrogens is 428 g/mol. The first-order valence-corrected chi connectivity index (χ1v) is 10.5. The maximum absolute atomic E-state index is 12.9. The second kappa shape index (κ2) is 10.7. The van der Waals surface area contributed by atoms with Gasteiger partial charge in [0.25, 0.3) is 5.91 Å². The van der Waals surface area contributed by atoms with Crippen LogP contribution < -0.4 is 5.32 Å². The number of nitrogens with one attached hydrogen (secondary N) is 2. The zero-order valence-corrected chi connectivity index (χ0v) is 18.9. The molecule has 0 radical (unpaired) electrons. The van der Waals surface area contributed by atoms with Crippen LogP contribution >= 0.6 is 0 Å². The van der Waals surface area contributed by atoms with Gasteiger partial charge in [-0.25, -0.2) is 0 Å². The lowest BCUT2D eigenvalue weighted by molar-refractivity contribution is -0.139. The Hall–Kier alpha value is -3.75. The van der Waals surface area contributed by atoms with Crippen LogP contribution in [-0.4, -0.2) is 44.6 Å². The number of hydrogen-bond donors (Lipinski definition) is 4. The molecule has 1 atom stereocenters. The van der Waals surface area contributed by atoms with Crippen molar-refractivity contribution in [3.63, 3.8) is 0 Å². The summed E-state index contributed by atoms with van der Waals surface area (Å²) >= 11 is 0. The molecule has 9 heteroatoms. The van der Waals surface area contributed by atoms with Crippen molar-refractivity contribution in [1.29, 1.82) is 0 Å². The number of rotatable bonds is 12. The van der Waals surface area contributed by atoms with Crippen molar-refractivity contribution in [3.05, 3.63) is 52.0 Å². The molecule has 9 nitrogen and oxygen atoms in total. The molecule has 0 aromatic carbocycles. The number of Topliss-reactive ketones (excluding diaryl/α,β-unsaturated/α-hetero) is 2. The van der Waals surface area contributed by atoms with E-state index in [1.54, 1.807) is 19.9 Å². The van der Waals surface area contributed by atoms with E-state index in [-0.39, 0.29) is 38.0 Å². The molecule has 1 aliphatic rings. The molecule has 1 aromatic heterocycles. The minimum absolute atomic E-state index is 0.0924. The lowest BCUT2D eigenvalue weighted by Gasteiger charge is -2.12. The fourth-order valence-corrected chi connectivity index (χ4v) is 3.88. The highest BCUT2D eigenvalue weighted by Gasteiger charge is 2.27. The average molecular weight is 456 g/mol. The lowest BCUT2D eigenvalue weighted by Crippen LogP contribution is -2.25. The van der Waals surface area contributed by atoms with Crippen molar-refractivity contribution in [2.45, 2.75) is 52.9 Å². The molecule has 1 unspecified atom stereocenters. The largest absolute Gasteiger partial charge is 0.481 e. The predicted molar refractivity (Wildman–Crippen MR) is 120 cm³/mol. The number of amides is 1. The van der Waals surface area contributed by atoms with E-state index in [0.29, 0.717) is 33.8 Å². The normalized spacial score (nSPS) is 15.5. The van der Waals surface area contributed by atoms with E-state index in [4.69, 9.17) is 10.2 Å². The topological polar surface area (TPSA) is 154 Å². The van der Waals surface area contributed by atoms with Crippen LogP contribution in [0.2, 0.25) is 0 Å². The molecule has 1 amide bonds. The van der Waals surface area contributed by atoms with Gasteiger partial charge in [0.05, 0.1) is 5.92 Å². The fourth-order valence-electron chi connectivity index (χ4n) is 3.88. The summed E-state index contributed by atoms with van der Waals surface area (Å²) in [5, 5.41) is 20.8. The van der Waals surface area contributed by atoms with Gasteiger partial charge in [-0.15, -0.1) is 0 Å². The van der Waals surface area contributed by atoms with Gasteiger partial charge in [0.1, 0.15) is 11.6 Å². The van der Waals surface area contributed by atoms with Gasteiger partial charge in [-0.1, -0.05) is 12.7 Å². The highest BCUT2D eigenvalue weighted by molar-refractivity contribution is 6.04. The Labute approximate surface area is 191 Å². The maximum atomic E-state index is 12.9. The van der Waals surface area contributed by atoms with E-state index in [2.05, 4.69) is 16.9 Å². The van der Waals surface area contributed by atoms with Crippen LogP contribution in [-0.2, 0) is 36.8 Å². The molecule has 1 aliphatic heterocycles. The van der Waals surface area contributed by atoms with Gasteiger partial charge in [-0.2, -0.15) is 0 Å². The SMILES string of the molecule is C=CC1=C(C)/C(=C\c2[nH]c(CC(=O)C(CCC(=O)O)C(C)=O)c(CCC(=O)O)c2C)NC1=O. The summed E-state index contributed by atoms with van der Waals surface area (Å²) in [7, 11) is 0. The van der Waals surface area contributed by atoms with Gasteiger partial charge >= 0.3 is 11.9 Å². The summed E-state index contributed by atoms with van der Waals surface area (Å²) in [6.07, 6.45) is 2.63. The van der Waals surface area contributed by atoms with Gasteiger partial charge in [0.2, 0.25) is 0 Å². The molecule has 4 N–H and O–H groups in total. The molecule has 0 aliphatic carbocycles. The number of allylic oxidation sites excluding steroid dienone is 1. The first-order chi connectivity index (χ1) is 15.5. The number of aromatic amines is 1. The zero-order chi connectivity index (χ0) is 24.9. The van der Waals surface area contributed by atoms with E-state index >= 15 is 0 Å². The first kappa shape index (κ1) is 25.5. The first-order valence-electron chi connectivity index (χ1n) is 10.5. The van der Waals surface area contributed by atoms with Crippen LogP contribution in [0.1, 0.15) is 55.6 Å². The van der Waals surface area contributed by atoms with Gasteiger partial charge in [0.15, 0.2) is 0 Å².